The number of ether oxygens (including phenoxy) is 4. The molecule has 0 spiro atoms. The van der Waals surface area contributed by atoms with Gasteiger partial charge in [0.1, 0.15) is 29.8 Å². The minimum atomic E-state index is -0.711. The van der Waals surface area contributed by atoms with E-state index >= 15 is 0 Å². The van der Waals surface area contributed by atoms with Crippen molar-refractivity contribution in [1.29, 1.82) is 0 Å². The Hall–Kier alpha value is -5.80. The molecule has 1 aromatic carbocycles. The molecule has 7 rings (SSSR count). The number of nitrogens with one attached hydrogen (secondary N) is 4. The van der Waals surface area contributed by atoms with E-state index in [2.05, 4.69) is 37.7 Å². The van der Waals surface area contributed by atoms with Crippen molar-refractivity contribution < 1.29 is 38.1 Å². The average molecular weight is 785 g/mol. The molecule has 2 aromatic heterocycles. The fraction of sp³-hybridized carbons (Fsp3) is 0.512. The second-order valence-electron chi connectivity index (χ2n) is 15.7. The van der Waals surface area contributed by atoms with E-state index in [9.17, 15) is 19.2 Å². The van der Waals surface area contributed by atoms with E-state index in [1.54, 1.807) is 22.2 Å². The summed E-state index contributed by atoms with van der Waals surface area (Å²) in [4.78, 5) is 71.1. The molecule has 3 aromatic rings. The topological polar surface area (TPSA) is 193 Å². The molecule has 304 valence electrons. The highest BCUT2D eigenvalue weighted by Gasteiger charge is 2.39. The van der Waals surface area contributed by atoms with Crippen LogP contribution in [0.3, 0.4) is 0 Å². The van der Waals surface area contributed by atoms with E-state index in [1.165, 1.54) is 14.2 Å². The first-order valence-electron chi connectivity index (χ1n) is 19.7. The number of amides is 4. The van der Waals surface area contributed by atoms with Crippen molar-refractivity contribution >= 4 is 29.6 Å². The summed E-state index contributed by atoms with van der Waals surface area (Å²) in [5.41, 5.74) is 3.38. The minimum absolute atomic E-state index is 0.0294. The summed E-state index contributed by atoms with van der Waals surface area (Å²) in [6.07, 6.45) is 11.3. The maximum absolute atomic E-state index is 13.6. The van der Waals surface area contributed by atoms with Gasteiger partial charge in [-0.1, -0.05) is 39.8 Å². The molecule has 0 radical (unpaired) electrons. The van der Waals surface area contributed by atoms with Gasteiger partial charge in [0.2, 0.25) is 11.8 Å². The lowest BCUT2D eigenvalue weighted by Gasteiger charge is -2.30. The number of carbonyl (C=O) groups is 4. The van der Waals surface area contributed by atoms with Crippen LogP contribution in [0.15, 0.2) is 48.8 Å². The number of likely N-dealkylation sites (tertiary alicyclic amines) is 2. The van der Waals surface area contributed by atoms with Crippen molar-refractivity contribution in [2.24, 2.45) is 17.8 Å². The number of alkyl carbamates (subject to hydrolysis) is 2. The summed E-state index contributed by atoms with van der Waals surface area (Å²) in [5, 5.41) is 5.39. The fourth-order valence-electron chi connectivity index (χ4n) is 8.05. The molecule has 2 fully saturated rings. The highest BCUT2D eigenvalue weighted by Crippen LogP contribution is 2.40. The van der Waals surface area contributed by atoms with Crippen LogP contribution in [0.25, 0.3) is 16.8 Å². The number of imidazole rings is 2. The SMILES string of the molecule is COC(=O)N[C@H](C(=O)N1CCC[C@H]1c1ncc(C2=CC3Oc4ccc(-c5cnc([C@@H]6CCCN6C(=O)[C@@H](NC(=O)OC)C(C)C)[nH]5)cc4OCC3C=C2)[nH]1)C(C)C. The molecule has 6 atom stereocenters. The molecule has 3 aliphatic heterocycles. The molecule has 1 aliphatic carbocycles. The number of H-pyrrole nitrogens is 2. The van der Waals surface area contributed by atoms with Crippen LogP contribution in [-0.2, 0) is 19.1 Å². The first-order valence-corrected chi connectivity index (χ1v) is 19.7. The number of carbonyl (C=O) groups excluding carboxylic acids is 4. The zero-order chi connectivity index (χ0) is 40.4. The second kappa shape index (κ2) is 16.7. The Bertz CT molecular complexity index is 2040. The lowest BCUT2D eigenvalue weighted by molar-refractivity contribution is -0.136. The van der Waals surface area contributed by atoms with Crippen molar-refractivity contribution in [3.05, 3.63) is 66.2 Å². The third kappa shape index (κ3) is 8.21. The van der Waals surface area contributed by atoms with Crippen molar-refractivity contribution in [2.45, 2.75) is 83.6 Å². The lowest BCUT2D eigenvalue weighted by atomic mass is 9.93. The third-order valence-electron chi connectivity index (χ3n) is 11.2. The number of benzene rings is 1. The summed E-state index contributed by atoms with van der Waals surface area (Å²) in [7, 11) is 2.57. The van der Waals surface area contributed by atoms with E-state index in [1.807, 2.05) is 52.0 Å². The van der Waals surface area contributed by atoms with Crippen LogP contribution < -0.4 is 20.1 Å². The predicted molar refractivity (Wildman–Crippen MR) is 209 cm³/mol. The lowest BCUT2D eigenvalue weighted by Crippen LogP contribution is -2.51. The summed E-state index contributed by atoms with van der Waals surface area (Å²) < 4.78 is 22.4. The minimum Gasteiger partial charge on any atom is -0.489 e. The fourth-order valence-corrected chi connectivity index (χ4v) is 8.05. The number of fused-ring (bicyclic) bond motifs is 2. The van der Waals surface area contributed by atoms with Gasteiger partial charge in [0.05, 0.1) is 62.6 Å². The monoisotopic (exact) mass is 784 g/mol. The quantitative estimate of drug-likeness (QED) is 0.210. The number of hydrogen-bond acceptors (Lipinski definition) is 10. The first kappa shape index (κ1) is 39.4. The van der Waals surface area contributed by atoms with Gasteiger partial charge in [0.15, 0.2) is 11.5 Å². The average Bonchev–Trinajstić information content (AvgIpc) is 4.04. The summed E-state index contributed by atoms with van der Waals surface area (Å²) in [6, 6.07) is 3.88. The molecule has 57 heavy (non-hydrogen) atoms. The van der Waals surface area contributed by atoms with Gasteiger partial charge in [-0.15, -0.1) is 0 Å². The van der Waals surface area contributed by atoms with E-state index in [-0.39, 0.29) is 47.8 Å². The molecule has 0 bridgehead atoms. The van der Waals surface area contributed by atoms with Crippen LogP contribution in [-0.4, -0.2) is 106 Å². The number of rotatable bonds is 10. The van der Waals surface area contributed by atoms with Crippen LogP contribution in [0.4, 0.5) is 9.59 Å². The van der Waals surface area contributed by atoms with Crippen LogP contribution in [0, 0.1) is 17.8 Å². The molecule has 4 aliphatic rings. The molecule has 0 saturated carbocycles. The standard InChI is InChI=1S/C41H52N8O8/c1-22(2)34(46-40(52)54-5)38(50)48-15-7-9-29(48)36-42-19-27(44-36)24-11-12-26-21-56-33-18-25(13-14-31(33)57-32(26)17-24)28-20-43-37(45-28)30-10-8-16-49(30)39(51)35(23(3)4)47-41(53)55-6/h11-14,17-20,22-23,26,29-30,32,34-35H,7-10,15-16,21H2,1-6H3,(H,42,44)(H,43,45)(H,46,52)(H,47,53)/t26?,29-,30-,32?,34-,35-/m0/s1. The van der Waals surface area contributed by atoms with E-state index in [4.69, 9.17) is 23.9 Å². The molecular formula is C41H52N8O8. The van der Waals surface area contributed by atoms with Crippen molar-refractivity contribution in [2.75, 3.05) is 33.9 Å². The van der Waals surface area contributed by atoms with Crippen molar-refractivity contribution in [3.63, 3.8) is 0 Å². The van der Waals surface area contributed by atoms with Gasteiger partial charge in [0, 0.05) is 18.7 Å². The van der Waals surface area contributed by atoms with E-state index in [0.29, 0.717) is 42.8 Å². The van der Waals surface area contributed by atoms with E-state index < -0.39 is 24.3 Å². The highest BCUT2D eigenvalue weighted by molar-refractivity contribution is 5.87. The molecule has 2 unspecified atom stereocenters. The van der Waals surface area contributed by atoms with Gasteiger partial charge in [-0.2, -0.15) is 0 Å². The number of methoxy groups -OCH3 is 2. The van der Waals surface area contributed by atoms with Crippen LogP contribution in [0.2, 0.25) is 0 Å². The van der Waals surface area contributed by atoms with Crippen LogP contribution in [0.1, 0.15) is 82.8 Å². The molecule has 2 saturated heterocycles. The number of hydrogen-bond donors (Lipinski definition) is 4. The maximum atomic E-state index is 13.6. The summed E-state index contributed by atoms with van der Waals surface area (Å²) in [5.74, 6) is 2.02. The maximum Gasteiger partial charge on any atom is 0.407 e. The normalized spacial score (nSPS) is 22.4. The van der Waals surface area contributed by atoms with Crippen molar-refractivity contribution in [1.82, 2.24) is 40.4 Å². The Kier molecular flexibility index (Phi) is 11.6. The van der Waals surface area contributed by atoms with Gasteiger partial charge in [0.25, 0.3) is 0 Å². The Morgan fingerprint density at radius 1 is 0.807 bits per heavy atom. The predicted octanol–water partition coefficient (Wildman–Crippen LogP) is 5.30. The smallest absolute Gasteiger partial charge is 0.407 e. The number of nitrogens with zero attached hydrogens (tertiary/aromatic N) is 4. The van der Waals surface area contributed by atoms with E-state index in [0.717, 1.165) is 48.2 Å². The molecule has 4 amide bonds. The summed E-state index contributed by atoms with van der Waals surface area (Å²) in [6.45, 7) is 9.13. The molecule has 16 heteroatoms. The van der Waals surface area contributed by atoms with Gasteiger partial charge in [-0.3, -0.25) is 9.59 Å². The third-order valence-corrected chi connectivity index (χ3v) is 11.2. The van der Waals surface area contributed by atoms with Gasteiger partial charge >= 0.3 is 12.2 Å². The first-order chi connectivity index (χ1) is 27.4. The second-order valence-corrected chi connectivity index (χ2v) is 15.7. The molecular weight excluding hydrogens is 732 g/mol. The van der Waals surface area contributed by atoms with Gasteiger partial charge in [-0.25, -0.2) is 19.6 Å². The van der Waals surface area contributed by atoms with Gasteiger partial charge in [-0.05, 0) is 67.4 Å². The zero-order valence-corrected chi connectivity index (χ0v) is 33.2. The zero-order valence-electron chi connectivity index (χ0n) is 33.2. The van der Waals surface area contributed by atoms with Crippen LogP contribution >= 0.6 is 0 Å². The Morgan fingerprint density at radius 3 is 1.93 bits per heavy atom. The molecule has 4 N–H and O–H groups in total. The largest absolute Gasteiger partial charge is 0.489 e. The Labute approximate surface area is 331 Å². The number of aromatic nitrogens is 4. The Balaban J connectivity index is 1.03. The number of aromatic amines is 2. The number of allylic oxidation sites excluding steroid dienone is 2. The highest BCUT2D eigenvalue weighted by atomic mass is 16.5. The Morgan fingerprint density at radius 2 is 1.37 bits per heavy atom. The molecule has 16 nitrogen and oxygen atoms in total. The molecule has 5 heterocycles. The van der Waals surface area contributed by atoms with Crippen molar-refractivity contribution in [3.8, 4) is 22.8 Å². The van der Waals surface area contributed by atoms with Gasteiger partial charge < -0.3 is 49.3 Å². The van der Waals surface area contributed by atoms with Crippen LogP contribution in [0.5, 0.6) is 11.5 Å². The summed E-state index contributed by atoms with van der Waals surface area (Å²) >= 11 is 0.